The van der Waals surface area contributed by atoms with Crippen molar-refractivity contribution in [3.8, 4) is 11.1 Å². The third-order valence-corrected chi connectivity index (χ3v) is 14.7. The minimum Gasteiger partial charge on any atom is -0.455 e. The van der Waals surface area contributed by atoms with Crippen molar-refractivity contribution in [2.45, 2.75) is 89.4 Å². The molecule has 1 aromatic heterocycles. The van der Waals surface area contributed by atoms with Gasteiger partial charge in [-0.1, -0.05) is 92.4 Å². The van der Waals surface area contributed by atoms with Gasteiger partial charge in [-0.05, 0) is 134 Å². The predicted molar refractivity (Wildman–Crippen MR) is 177 cm³/mol. The van der Waals surface area contributed by atoms with Crippen LogP contribution in [-0.2, 0) is 0 Å². The summed E-state index contributed by atoms with van der Waals surface area (Å²) in [5.41, 5.74) is 6.23. The molecule has 6 aliphatic carbocycles. The summed E-state index contributed by atoms with van der Waals surface area (Å²) >= 11 is 0. The molecule has 43 heavy (non-hydrogen) atoms. The van der Waals surface area contributed by atoms with Crippen molar-refractivity contribution in [2.75, 3.05) is 0 Å². The highest BCUT2D eigenvalue weighted by atomic mass is 16.3. The lowest BCUT2D eigenvalue weighted by Gasteiger charge is -2.67. The van der Waals surface area contributed by atoms with Crippen LogP contribution in [-0.4, -0.2) is 0 Å². The van der Waals surface area contributed by atoms with Crippen LogP contribution in [0, 0.1) is 59.2 Å². The zero-order chi connectivity index (χ0) is 28.1. The number of benzene rings is 3. The maximum absolute atomic E-state index is 6.95. The second kappa shape index (κ2) is 9.98. The molecule has 4 aromatic rings. The van der Waals surface area contributed by atoms with E-state index in [0.29, 0.717) is 5.92 Å². The van der Waals surface area contributed by atoms with E-state index in [2.05, 4.69) is 66.7 Å². The Labute approximate surface area is 257 Å². The molecule has 0 bridgehead atoms. The Kier molecular flexibility index (Phi) is 5.98. The van der Waals surface area contributed by atoms with Gasteiger partial charge in [-0.15, -0.1) is 0 Å². The topological polar surface area (TPSA) is 13.1 Å². The van der Waals surface area contributed by atoms with Crippen LogP contribution in [0.1, 0.15) is 95.0 Å². The Balaban J connectivity index is 1.03. The van der Waals surface area contributed by atoms with E-state index in [9.17, 15) is 0 Å². The van der Waals surface area contributed by atoms with Crippen LogP contribution < -0.4 is 0 Å². The van der Waals surface area contributed by atoms with Crippen molar-refractivity contribution in [1.29, 1.82) is 0 Å². The highest BCUT2D eigenvalue weighted by Crippen LogP contribution is 2.69. The molecule has 6 fully saturated rings. The lowest BCUT2D eigenvalue weighted by Crippen LogP contribution is -2.61. The molecule has 0 amide bonds. The van der Waals surface area contributed by atoms with Gasteiger partial charge in [0, 0.05) is 16.3 Å². The molecule has 0 saturated heterocycles. The largest absolute Gasteiger partial charge is 0.455 e. The minimum atomic E-state index is 0.646. The highest BCUT2D eigenvalue weighted by Gasteiger charge is 2.62. The fourth-order valence-electron chi connectivity index (χ4n) is 13.5. The fraction of sp³-hybridized carbons (Fsp3) is 0.571. The van der Waals surface area contributed by atoms with Gasteiger partial charge in [0.25, 0.3) is 0 Å². The number of fused-ring (bicyclic) bond motifs is 9. The van der Waals surface area contributed by atoms with Gasteiger partial charge >= 0.3 is 0 Å². The summed E-state index contributed by atoms with van der Waals surface area (Å²) in [4.78, 5) is 0. The van der Waals surface area contributed by atoms with Gasteiger partial charge in [-0.2, -0.15) is 0 Å². The molecule has 0 spiro atoms. The Hall–Kier alpha value is -2.54. The number of hydrogen-bond acceptors (Lipinski definition) is 1. The number of rotatable bonds is 2. The molecule has 0 N–H and O–H groups in total. The second-order valence-corrected chi connectivity index (χ2v) is 16.0. The molecule has 1 heterocycles. The van der Waals surface area contributed by atoms with Crippen molar-refractivity contribution >= 4 is 21.9 Å². The molecular formula is C42H48O. The summed E-state index contributed by atoms with van der Waals surface area (Å²) < 4.78 is 6.95. The zero-order valence-corrected chi connectivity index (χ0v) is 25.8. The fourth-order valence-corrected chi connectivity index (χ4v) is 13.5. The van der Waals surface area contributed by atoms with E-state index >= 15 is 0 Å². The number of furan rings is 1. The van der Waals surface area contributed by atoms with E-state index in [-0.39, 0.29) is 0 Å². The first-order valence-corrected chi connectivity index (χ1v) is 18.3. The summed E-state index contributed by atoms with van der Waals surface area (Å²) in [6.07, 6.45) is 19.8. The smallest absolute Gasteiger partial charge is 0.143 e. The van der Waals surface area contributed by atoms with Gasteiger partial charge in [0.05, 0.1) is 0 Å². The van der Waals surface area contributed by atoms with Gasteiger partial charge in [-0.3, -0.25) is 0 Å². The quantitative estimate of drug-likeness (QED) is 0.234. The predicted octanol–water partition coefficient (Wildman–Crippen LogP) is 11.7. The molecular weight excluding hydrogens is 520 g/mol. The van der Waals surface area contributed by atoms with Crippen LogP contribution in [0.25, 0.3) is 33.1 Å². The Morgan fingerprint density at radius 2 is 1.02 bits per heavy atom. The maximum atomic E-state index is 6.95. The molecule has 0 aliphatic heterocycles. The van der Waals surface area contributed by atoms with E-state index in [0.717, 1.165) is 64.8 Å². The summed E-state index contributed by atoms with van der Waals surface area (Å²) in [6, 6.07) is 24.6. The van der Waals surface area contributed by atoms with Gasteiger partial charge in [0.2, 0.25) is 0 Å². The molecule has 3 aromatic carbocycles. The highest BCUT2D eigenvalue weighted by molar-refractivity contribution is 6.10. The first kappa shape index (κ1) is 25.8. The van der Waals surface area contributed by atoms with Crippen LogP contribution in [0.5, 0.6) is 0 Å². The van der Waals surface area contributed by atoms with Crippen LogP contribution in [0.4, 0.5) is 0 Å². The van der Waals surface area contributed by atoms with E-state index in [1.54, 1.807) is 32.1 Å². The first-order chi connectivity index (χ1) is 21.3. The molecule has 0 radical (unpaired) electrons. The Morgan fingerprint density at radius 3 is 1.72 bits per heavy atom. The van der Waals surface area contributed by atoms with Crippen LogP contribution in [0.2, 0.25) is 0 Å². The number of para-hydroxylation sites is 2. The molecule has 11 unspecified atom stereocenters. The summed E-state index contributed by atoms with van der Waals surface area (Å²) in [6.45, 7) is 0. The van der Waals surface area contributed by atoms with Crippen molar-refractivity contribution in [3.63, 3.8) is 0 Å². The summed E-state index contributed by atoms with van der Waals surface area (Å²) in [7, 11) is 0. The molecule has 1 heteroatoms. The van der Waals surface area contributed by atoms with Crippen LogP contribution >= 0.6 is 0 Å². The van der Waals surface area contributed by atoms with Crippen molar-refractivity contribution in [1.82, 2.24) is 0 Å². The third kappa shape index (κ3) is 3.75. The zero-order valence-electron chi connectivity index (χ0n) is 25.8. The molecule has 222 valence electrons. The van der Waals surface area contributed by atoms with Gasteiger partial charge in [0.15, 0.2) is 0 Å². The Bertz CT molecular complexity index is 1650. The summed E-state index contributed by atoms with van der Waals surface area (Å²) in [5.74, 6) is 11.2. The maximum Gasteiger partial charge on any atom is 0.143 e. The van der Waals surface area contributed by atoms with E-state index < -0.39 is 0 Å². The van der Waals surface area contributed by atoms with Crippen LogP contribution in [0.15, 0.2) is 71.1 Å². The van der Waals surface area contributed by atoms with Crippen LogP contribution in [0.3, 0.4) is 0 Å². The number of hydrogen-bond donors (Lipinski definition) is 0. The van der Waals surface area contributed by atoms with Gasteiger partial charge < -0.3 is 4.42 Å². The molecule has 1 nitrogen and oxygen atoms in total. The van der Waals surface area contributed by atoms with E-state index in [4.69, 9.17) is 4.42 Å². The van der Waals surface area contributed by atoms with Crippen molar-refractivity contribution < 1.29 is 4.42 Å². The first-order valence-electron chi connectivity index (χ1n) is 18.3. The average Bonchev–Trinajstić information content (AvgIpc) is 3.47. The van der Waals surface area contributed by atoms with Gasteiger partial charge in [0.1, 0.15) is 11.2 Å². The molecule has 6 aliphatic rings. The minimum absolute atomic E-state index is 0.646. The van der Waals surface area contributed by atoms with Crippen molar-refractivity contribution in [3.05, 3.63) is 72.3 Å². The molecule has 11 atom stereocenters. The lowest BCUT2D eigenvalue weighted by atomic mass is 9.37. The molecule has 10 rings (SSSR count). The lowest BCUT2D eigenvalue weighted by molar-refractivity contribution is -0.188. The second-order valence-electron chi connectivity index (χ2n) is 16.0. The molecule has 6 saturated carbocycles. The third-order valence-electron chi connectivity index (χ3n) is 14.7. The normalized spacial score (nSPS) is 40.0. The standard InChI is InChI=1S/C42H48O/c1-2-10-25(11-3-1)27-14-6-20-36-37-21-7-15-28(42(37)43-41(27)36)26-22-23-31-34-18-8-16-32-29-12-4-5-13-30(29)33-17-9-19-35(38(31)24-26)40(33)39(32)34/h1-3,6-7,10-11,14-15,20-21,26,29-35,38-40H,4-5,8-9,12-13,16-19,22-24H2. The van der Waals surface area contributed by atoms with E-state index in [1.165, 1.54) is 84.4 Å². The van der Waals surface area contributed by atoms with Gasteiger partial charge in [-0.25, -0.2) is 0 Å². The van der Waals surface area contributed by atoms with E-state index in [1.807, 2.05) is 0 Å². The SMILES string of the molecule is c1ccc(-c2cccc3c2oc2c(C4CCC5C(C4)C4CCCC6C7CCCCC7C7CCCC5C7C64)cccc23)cc1. The monoisotopic (exact) mass is 568 g/mol. The Morgan fingerprint density at radius 1 is 0.442 bits per heavy atom. The van der Waals surface area contributed by atoms with Crippen molar-refractivity contribution in [2.24, 2.45) is 59.2 Å². The summed E-state index contributed by atoms with van der Waals surface area (Å²) in [5, 5.41) is 2.60. The average molecular weight is 569 g/mol.